The third-order valence-electron chi connectivity index (χ3n) is 7.80. The molecule has 3 amide bonds. The zero-order valence-electron chi connectivity index (χ0n) is 23.9. The Bertz CT molecular complexity index is 1830. The van der Waals surface area contributed by atoms with Crippen molar-refractivity contribution in [2.75, 3.05) is 23.3 Å². The maximum Gasteiger partial charge on any atom is 0.407 e. The Morgan fingerprint density at radius 3 is 2.40 bits per heavy atom. The number of anilines is 2. The van der Waals surface area contributed by atoms with E-state index in [2.05, 4.69) is 10.4 Å². The average Bonchev–Trinajstić information content (AvgIpc) is 3.44. The van der Waals surface area contributed by atoms with E-state index in [4.69, 9.17) is 9.84 Å². The molecule has 1 aromatic heterocycles. The van der Waals surface area contributed by atoms with Gasteiger partial charge in [-0.3, -0.25) is 14.3 Å². The fourth-order valence-corrected chi connectivity index (χ4v) is 5.42. The first-order valence-electron chi connectivity index (χ1n) is 14.0. The number of rotatable bonds is 7. The molecule has 0 spiro atoms. The van der Waals surface area contributed by atoms with Crippen LogP contribution < -0.4 is 15.0 Å². The number of hydrogen-bond donors (Lipinski definition) is 2. The Morgan fingerprint density at radius 1 is 1.04 bits per heavy atom. The number of carbonyl (C=O) groups is 3. The van der Waals surface area contributed by atoms with Crippen LogP contribution in [0.5, 0.6) is 5.75 Å². The van der Waals surface area contributed by atoms with Crippen LogP contribution in [0.15, 0.2) is 79.0 Å². The van der Waals surface area contributed by atoms with E-state index >= 15 is 8.78 Å². The van der Waals surface area contributed by atoms with E-state index in [1.807, 2.05) is 6.07 Å². The first kappa shape index (κ1) is 29.3. The van der Waals surface area contributed by atoms with E-state index < -0.39 is 23.8 Å². The van der Waals surface area contributed by atoms with Gasteiger partial charge in [-0.15, -0.1) is 0 Å². The normalized spacial score (nSPS) is 16.4. The van der Waals surface area contributed by atoms with Gasteiger partial charge < -0.3 is 25.0 Å². The van der Waals surface area contributed by atoms with Crippen molar-refractivity contribution in [3.8, 4) is 11.8 Å². The van der Waals surface area contributed by atoms with E-state index in [0.29, 0.717) is 5.69 Å². The molecule has 228 valence electrons. The van der Waals surface area contributed by atoms with Crippen molar-refractivity contribution in [3.63, 3.8) is 0 Å². The number of nitrogens with one attached hydrogen (secondary N) is 1. The fourth-order valence-electron chi connectivity index (χ4n) is 5.42. The monoisotopic (exact) mass is 612 g/mol. The van der Waals surface area contributed by atoms with Gasteiger partial charge in [0.2, 0.25) is 0 Å². The highest BCUT2D eigenvalue weighted by Gasteiger charge is 2.38. The standard InChI is InChI=1S/C32H26F2N6O5/c1-19-16-39-28(30(42)40(19)24-10-7-22(8-11-24)32(33,34)21-5-3-2-4-6-21)26(15-36-39)29(41)37-23-9-12-27(20(13-23)14-35)45-25-17-38(18-25)31(43)44/h2-13,15,19,25H,16-18H2,1H3,(H,37,41)(H,43,44). The van der Waals surface area contributed by atoms with Crippen LogP contribution >= 0.6 is 0 Å². The van der Waals surface area contributed by atoms with Crippen LogP contribution in [0.25, 0.3) is 0 Å². The second kappa shape index (κ2) is 11.4. The molecule has 11 nitrogen and oxygen atoms in total. The topological polar surface area (TPSA) is 141 Å². The number of nitrogens with zero attached hydrogens (tertiary/aromatic N) is 5. The van der Waals surface area contributed by atoms with Gasteiger partial charge in [0.1, 0.15) is 23.6 Å². The summed E-state index contributed by atoms with van der Waals surface area (Å²) in [6.07, 6.45) is -0.149. The molecule has 45 heavy (non-hydrogen) atoms. The van der Waals surface area contributed by atoms with Crippen LogP contribution in [-0.4, -0.2) is 62.9 Å². The first-order valence-corrected chi connectivity index (χ1v) is 14.0. The minimum Gasteiger partial charge on any atom is -0.485 e. The molecule has 1 unspecified atom stereocenters. The van der Waals surface area contributed by atoms with E-state index in [0.717, 1.165) is 0 Å². The molecule has 1 fully saturated rings. The summed E-state index contributed by atoms with van der Waals surface area (Å²) < 4.78 is 37.4. The van der Waals surface area contributed by atoms with Gasteiger partial charge in [-0.25, -0.2) is 4.79 Å². The molecular weight excluding hydrogens is 586 g/mol. The number of aromatic nitrogens is 2. The number of alkyl halides is 2. The number of carboxylic acid groups (broad SMARTS) is 1. The Hall–Kier alpha value is -5.77. The van der Waals surface area contributed by atoms with Gasteiger partial charge in [0.05, 0.1) is 43.0 Å². The molecule has 2 N–H and O–H groups in total. The Labute approximate surface area is 255 Å². The second-order valence-electron chi connectivity index (χ2n) is 10.8. The predicted molar refractivity (Wildman–Crippen MR) is 158 cm³/mol. The van der Waals surface area contributed by atoms with Crippen LogP contribution in [0.2, 0.25) is 0 Å². The minimum absolute atomic E-state index is 0.00574. The molecule has 3 heterocycles. The van der Waals surface area contributed by atoms with Crippen LogP contribution in [-0.2, 0) is 12.5 Å². The lowest BCUT2D eigenvalue weighted by Gasteiger charge is -2.36. The quantitative estimate of drug-likeness (QED) is 0.301. The summed E-state index contributed by atoms with van der Waals surface area (Å²) in [4.78, 5) is 40.7. The smallest absolute Gasteiger partial charge is 0.407 e. The number of nitriles is 1. The van der Waals surface area contributed by atoms with E-state index in [9.17, 15) is 19.6 Å². The SMILES string of the molecule is CC1Cn2ncc(C(=O)Nc3ccc(OC4CN(C(=O)O)C4)c(C#N)c3)c2C(=O)N1c1ccc(C(F)(F)c2ccccc2)cc1. The number of ether oxygens (including phenoxy) is 1. The van der Waals surface area contributed by atoms with E-state index in [1.54, 1.807) is 25.1 Å². The number of halogens is 2. The van der Waals surface area contributed by atoms with Gasteiger partial charge in [-0.1, -0.05) is 42.5 Å². The molecule has 0 radical (unpaired) electrons. The second-order valence-corrected chi connectivity index (χ2v) is 10.8. The van der Waals surface area contributed by atoms with Gasteiger partial charge in [0, 0.05) is 22.5 Å². The summed E-state index contributed by atoms with van der Waals surface area (Å²) in [5.74, 6) is -4.13. The zero-order valence-corrected chi connectivity index (χ0v) is 23.9. The largest absolute Gasteiger partial charge is 0.485 e. The maximum atomic E-state index is 15.1. The third kappa shape index (κ3) is 5.42. The van der Waals surface area contributed by atoms with E-state index in [1.165, 1.54) is 75.3 Å². The lowest BCUT2D eigenvalue weighted by molar-refractivity contribution is 0.0251. The summed E-state index contributed by atoms with van der Waals surface area (Å²) in [7, 11) is 0. The molecule has 6 rings (SSSR count). The molecule has 2 aliphatic rings. The van der Waals surface area contributed by atoms with Crippen LogP contribution in [0, 0.1) is 11.3 Å². The van der Waals surface area contributed by atoms with Crippen molar-refractivity contribution < 1.29 is 33.0 Å². The summed E-state index contributed by atoms with van der Waals surface area (Å²) >= 11 is 0. The summed E-state index contributed by atoms with van der Waals surface area (Å²) in [5, 5.41) is 25.5. The lowest BCUT2D eigenvalue weighted by Crippen LogP contribution is -2.55. The van der Waals surface area contributed by atoms with Crippen LogP contribution in [0.1, 0.15) is 44.5 Å². The molecule has 1 saturated heterocycles. The van der Waals surface area contributed by atoms with Crippen molar-refractivity contribution >= 4 is 29.3 Å². The van der Waals surface area contributed by atoms with Crippen LogP contribution in [0.3, 0.4) is 0 Å². The first-order chi connectivity index (χ1) is 21.6. The molecule has 0 bridgehead atoms. The van der Waals surface area contributed by atoms with Crippen molar-refractivity contribution in [2.24, 2.45) is 0 Å². The molecule has 2 aliphatic heterocycles. The number of likely N-dealkylation sites (tertiary alicyclic amines) is 1. The van der Waals surface area contributed by atoms with Crippen molar-refractivity contribution in [1.29, 1.82) is 5.26 Å². The molecule has 0 saturated carbocycles. The van der Waals surface area contributed by atoms with Crippen molar-refractivity contribution in [1.82, 2.24) is 14.7 Å². The Balaban J connectivity index is 1.19. The molecule has 0 aliphatic carbocycles. The zero-order chi connectivity index (χ0) is 31.9. The minimum atomic E-state index is -3.23. The van der Waals surface area contributed by atoms with Crippen molar-refractivity contribution in [2.45, 2.75) is 31.5 Å². The Morgan fingerprint density at radius 2 is 1.73 bits per heavy atom. The highest BCUT2D eigenvalue weighted by molar-refractivity contribution is 6.15. The third-order valence-corrected chi connectivity index (χ3v) is 7.80. The summed E-state index contributed by atoms with van der Waals surface area (Å²) in [5.41, 5.74) is 0.482. The molecule has 3 aromatic carbocycles. The predicted octanol–water partition coefficient (Wildman–Crippen LogP) is 4.94. The molecular formula is C32H26F2N6O5. The fraction of sp³-hybridized carbons (Fsp3) is 0.219. The number of hydrogen-bond acceptors (Lipinski definition) is 6. The summed E-state index contributed by atoms with van der Waals surface area (Å²) in [6, 6.07) is 19.0. The van der Waals surface area contributed by atoms with Gasteiger partial charge in [-0.2, -0.15) is 19.1 Å². The number of fused-ring (bicyclic) bond motifs is 1. The van der Waals surface area contributed by atoms with E-state index in [-0.39, 0.29) is 71.2 Å². The van der Waals surface area contributed by atoms with Crippen LogP contribution in [0.4, 0.5) is 25.0 Å². The maximum absolute atomic E-state index is 15.1. The number of benzene rings is 3. The lowest BCUT2D eigenvalue weighted by atomic mass is 9.99. The highest BCUT2D eigenvalue weighted by Crippen LogP contribution is 2.37. The number of carbonyl (C=O) groups excluding carboxylic acids is 2. The highest BCUT2D eigenvalue weighted by atomic mass is 19.3. The van der Waals surface area contributed by atoms with Gasteiger partial charge in [-0.05, 0) is 37.3 Å². The average molecular weight is 613 g/mol. The number of amides is 3. The van der Waals surface area contributed by atoms with Gasteiger partial charge in [0.15, 0.2) is 0 Å². The molecule has 13 heteroatoms. The molecule has 1 atom stereocenters. The Kier molecular flexibility index (Phi) is 7.41. The van der Waals surface area contributed by atoms with Crippen molar-refractivity contribution in [3.05, 3.63) is 107 Å². The molecule has 4 aromatic rings. The van der Waals surface area contributed by atoms with Gasteiger partial charge >= 0.3 is 6.09 Å². The van der Waals surface area contributed by atoms with Gasteiger partial charge in [0.25, 0.3) is 17.7 Å². The summed E-state index contributed by atoms with van der Waals surface area (Å²) in [6.45, 7) is 2.42.